The van der Waals surface area contributed by atoms with Crippen molar-refractivity contribution in [3.8, 4) is 0 Å². The van der Waals surface area contributed by atoms with Crippen LogP contribution >= 0.6 is 11.6 Å². The number of halogens is 1. The number of carboxylic acids is 1. The molecule has 0 aliphatic heterocycles. The number of hydrogen-bond donors (Lipinski definition) is 1. The molecule has 0 spiro atoms. The first-order valence-corrected chi connectivity index (χ1v) is 7.61. The van der Waals surface area contributed by atoms with Crippen molar-refractivity contribution in [2.45, 2.75) is 38.2 Å². The highest BCUT2D eigenvalue weighted by Gasteiger charge is 2.12. The van der Waals surface area contributed by atoms with Crippen LogP contribution in [0.25, 0.3) is 0 Å². The van der Waals surface area contributed by atoms with Gasteiger partial charge in [0.1, 0.15) is 0 Å². The van der Waals surface area contributed by atoms with Crippen LogP contribution in [0.2, 0.25) is 0 Å². The van der Waals surface area contributed by atoms with Gasteiger partial charge in [0.2, 0.25) is 0 Å². The van der Waals surface area contributed by atoms with Gasteiger partial charge in [-0.2, -0.15) is 0 Å². The molecule has 0 saturated carbocycles. The Balaban J connectivity index is 1.97. The van der Waals surface area contributed by atoms with E-state index >= 15 is 0 Å². The Bertz CT molecular complexity index is 403. The topological polar surface area (TPSA) is 72.8 Å². The van der Waals surface area contributed by atoms with E-state index in [4.69, 9.17) is 26.2 Å². The van der Waals surface area contributed by atoms with Crippen molar-refractivity contribution in [2.75, 3.05) is 19.1 Å². The van der Waals surface area contributed by atoms with E-state index in [1.54, 1.807) is 18.2 Å². The predicted octanol–water partition coefficient (Wildman–Crippen LogP) is 2.68. The van der Waals surface area contributed by atoms with Gasteiger partial charge in [0, 0.05) is 12.5 Å². The Labute approximate surface area is 129 Å². The molecule has 0 aromatic heterocycles. The number of esters is 1. The molecule has 0 bridgehead atoms. The van der Waals surface area contributed by atoms with E-state index in [1.165, 1.54) is 0 Å². The Morgan fingerprint density at radius 2 is 2.05 bits per heavy atom. The number of carboxylic acid groups (broad SMARTS) is 1. The van der Waals surface area contributed by atoms with Gasteiger partial charge >= 0.3 is 11.9 Å². The smallest absolute Gasteiger partial charge is 0.335 e. The third kappa shape index (κ3) is 7.87. The molecule has 0 aromatic rings. The van der Waals surface area contributed by atoms with Gasteiger partial charge in [-0.1, -0.05) is 12.2 Å². The molecule has 0 heterocycles. The standard InChI is InChI=1S/C15H21ClO5/c16-9-8-14(17)21-11-3-1-2-10-20-13-6-4-12(5-7-13)15(18)19/h4-6,13H,1-3,7-11H2,(H,18,19). The minimum Gasteiger partial charge on any atom is -0.478 e. The molecule has 21 heavy (non-hydrogen) atoms. The summed E-state index contributed by atoms with van der Waals surface area (Å²) in [6.07, 6.45) is 8.43. The van der Waals surface area contributed by atoms with Gasteiger partial charge in [0.05, 0.1) is 24.7 Å². The van der Waals surface area contributed by atoms with E-state index in [0.29, 0.717) is 31.1 Å². The highest BCUT2D eigenvalue weighted by Crippen LogP contribution is 2.14. The number of carbonyl (C=O) groups is 2. The maximum Gasteiger partial charge on any atom is 0.335 e. The third-order valence-electron chi connectivity index (χ3n) is 2.99. The molecule has 1 atom stereocenters. The molecule has 118 valence electrons. The Morgan fingerprint density at radius 3 is 2.67 bits per heavy atom. The highest BCUT2D eigenvalue weighted by atomic mass is 35.5. The summed E-state index contributed by atoms with van der Waals surface area (Å²) >= 11 is 5.42. The van der Waals surface area contributed by atoms with E-state index in [-0.39, 0.29) is 18.5 Å². The van der Waals surface area contributed by atoms with Crippen LogP contribution in [0.5, 0.6) is 0 Å². The van der Waals surface area contributed by atoms with Crippen LogP contribution in [-0.2, 0) is 19.1 Å². The number of hydrogen-bond acceptors (Lipinski definition) is 4. The lowest BCUT2D eigenvalue weighted by Crippen LogP contribution is -2.14. The number of ether oxygens (including phenoxy) is 2. The fourth-order valence-corrected chi connectivity index (χ4v) is 1.99. The van der Waals surface area contributed by atoms with Gasteiger partial charge in [-0.25, -0.2) is 4.79 Å². The van der Waals surface area contributed by atoms with E-state index in [1.807, 2.05) is 0 Å². The fourth-order valence-electron chi connectivity index (χ4n) is 1.83. The highest BCUT2D eigenvalue weighted by molar-refractivity contribution is 6.18. The Kier molecular flexibility index (Phi) is 8.78. The molecule has 0 aromatic carbocycles. The first-order valence-electron chi connectivity index (χ1n) is 7.08. The molecule has 0 saturated heterocycles. The number of rotatable bonds is 10. The second-order valence-corrected chi connectivity index (χ2v) is 5.07. The summed E-state index contributed by atoms with van der Waals surface area (Å²) in [5.74, 6) is -0.873. The average Bonchev–Trinajstić information content (AvgIpc) is 2.47. The van der Waals surface area contributed by atoms with Crippen LogP contribution in [0.1, 0.15) is 32.1 Å². The maximum atomic E-state index is 11.0. The Hall–Kier alpha value is -1.33. The van der Waals surface area contributed by atoms with E-state index in [2.05, 4.69) is 0 Å². The van der Waals surface area contributed by atoms with Crippen LogP contribution < -0.4 is 0 Å². The lowest BCUT2D eigenvalue weighted by molar-refractivity contribution is -0.143. The lowest BCUT2D eigenvalue weighted by Gasteiger charge is -2.15. The van der Waals surface area contributed by atoms with Crippen molar-refractivity contribution in [1.82, 2.24) is 0 Å². The molecule has 0 radical (unpaired) electrons. The zero-order chi connectivity index (χ0) is 15.5. The van der Waals surface area contributed by atoms with Crippen LogP contribution in [0, 0.1) is 0 Å². The second-order valence-electron chi connectivity index (χ2n) is 4.69. The summed E-state index contributed by atoms with van der Waals surface area (Å²) in [4.78, 5) is 21.7. The van der Waals surface area contributed by atoms with Crippen LogP contribution in [0.4, 0.5) is 0 Å². The molecule has 1 N–H and O–H groups in total. The number of alkyl halides is 1. The normalized spacial score (nSPS) is 17.4. The molecule has 6 heteroatoms. The molecule has 1 aliphatic rings. The minimum absolute atomic E-state index is 0.0466. The monoisotopic (exact) mass is 316 g/mol. The second kappa shape index (κ2) is 10.4. The van der Waals surface area contributed by atoms with Gasteiger partial charge in [-0.3, -0.25) is 4.79 Å². The molecule has 1 aliphatic carbocycles. The van der Waals surface area contributed by atoms with Crippen molar-refractivity contribution >= 4 is 23.5 Å². The molecule has 5 nitrogen and oxygen atoms in total. The van der Waals surface area contributed by atoms with Gasteiger partial charge in [-0.05, 0) is 31.8 Å². The van der Waals surface area contributed by atoms with Crippen molar-refractivity contribution in [2.24, 2.45) is 0 Å². The summed E-state index contributed by atoms with van der Waals surface area (Å²) in [6, 6.07) is 0. The van der Waals surface area contributed by atoms with Crippen molar-refractivity contribution in [3.63, 3.8) is 0 Å². The van der Waals surface area contributed by atoms with Crippen LogP contribution in [0.3, 0.4) is 0 Å². The number of unbranched alkanes of at least 4 members (excludes halogenated alkanes) is 2. The summed E-state index contributed by atoms with van der Waals surface area (Å²) in [6.45, 7) is 1.03. The zero-order valence-electron chi connectivity index (χ0n) is 11.9. The summed E-state index contributed by atoms with van der Waals surface area (Å²) in [7, 11) is 0. The molecular weight excluding hydrogens is 296 g/mol. The SMILES string of the molecule is O=C(CCCl)OCCCCCOC1C=CC(C(=O)O)=CC1. The van der Waals surface area contributed by atoms with Crippen molar-refractivity contribution in [3.05, 3.63) is 23.8 Å². The van der Waals surface area contributed by atoms with E-state index in [0.717, 1.165) is 19.3 Å². The van der Waals surface area contributed by atoms with Crippen LogP contribution in [0.15, 0.2) is 23.8 Å². The molecule has 1 rings (SSSR count). The first kappa shape index (κ1) is 17.7. The van der Waals surface area contributed by atoms with Crippen molar-refractivity contribution < 1.29 is 24.2 Å². The predicted molar refractivity (Wildman–Crippen MR) is 79.4 cm³/mol. The number of carbonyl (C=O) groups excluding carboxylic acids is 1. The fraction of sp³-hybridized carbons (Fsp3) is 0.600. The molecule has 0 amide bonds. The van der Waals surface area contributed by atoms with E-state index < -0.39 is 5.97 Å². The van der Waals surface area contributed by atoms with Crippen LogP contribution in [-0.4, -0.2) is 42.2 Å². The summed E-state index contributed by atoms with van der Waals surface area (Å²) in [5, 5.41) is 8.79. The average molecular weight is 317 g/mol. The summed E-state index contributed by atoms with van der Waals surface area (Å²) in [5.41, 5.74) is 0.314. The molecule has 1 unspecified atom stereocenters. The van der Waals surface area contributed by atoms with Gasteiger partial charge in [0.15, 0.2) is 0 Å². The van der Waals surface area contributed by atoms with Gasteiger partial charge < -0.3 is 14.6 Å². The minimum atomic E-state index is -0.909. The van der Waals surface area contributed by atoms with Crippen molar-refractivity contribution in [1.29, 1.82) is 0 Å². The third-order valence-corrected chi connectivity index (χ3v) is 3.18. The van der Waals surface area contributed by atoms with Gasteiger partial charge in [-0.15, -0.1) is 11.6 Å². The Morgan fingerprint density at radius 1 is 1.29 bits per heavy atom. The molecular formula is C15H21ClO5. The maximum absolute atomic E-state index is 11.0. The summed E-state index contributed by atoms with van der Waals surface area (Å²) < 4.78 is 10.6. The van der Waals surface area contributed by atoms with E-state index in [9.17, 15) is 9.59 Å². The lowest BCUT2D eigenvalue weighted by atomic mass is 10.1. The number of aliphatic carboxylic acids is 1. The first-order chi connectivity index (χ1) is 10.1. The zero-order valence-corrected chi connectivity index (χ0v) is 12.7. The largest absolute Gasteiger partial charge is 0.478 e. The molecule has 0 fully saturated rings. The van der Waals surface area contributed by atoms with Gasteiger partial charge in [0.25, 0.3) is 0 Å². The quantitative estimate of drug-likeness (QED) is 0.381.